The number of benzene rings is 3. The van der Waals surface area contributed by atoms with Gasteiger partial charge in [-0.1, -0.05) is 62.7 Å². The highest BCUT2D eigenvalue weighted by molar-refractivity contribution is 6.25. The second-order valence-corrected chi connectivity index (χ2v) is 11.9. The number of aryl methyl sites for hydroxylation is 1. The monoisotopic (exact) mass is 514 g/mol. The molecule has 6 nitrogen and oxygen atoms in total. The van der Waals surface area contributed by atoms with Crippen LogP contribution in [-0.2, 0) is 5.41 Å². The van der Waals surface area contributed by atoms with Crippen molar-refractivity contribution in [1.82, 2.24) is 9.80 Å². The summed E-state index contributed by atoms with van der Waals surface area (Å²) in [5.41, 5.74) is 3.52. The van der Waals surface area contributed by atoms with Gasteiger partial charge in [-0.2, -0.15) is 0 Å². The number of β-amino-alcohol motifs (C(OH)–C–C–N with tert-alkyl or cyclic N) is 1. The van der Waals surface area contributed by atoms with E-state index in [0.717, 1.165) is 48.0 Å². The van der Waals surface area contributed by atoms with Gasteiger partial charge >= 0.3 is 0 Å². The molecule has 0 saturated carbocycles. The number of aliphatic hydroxyl groups excluding tert-OH is 1. The summed E-state index contributed by atoms with van der Waals surface area (Å²) in [5.74, 6) is 0.688. The Morgan fingerprint density at radius 3 is 2.21 bits per heavy atom. The molecule has 1 atom stereocenters. The zero-order valence-electron chi connectivity index (χ0n) is 22.9. The van der Waals surface area contributed by atoms with Crippen molar-refractivity contribution >= 4 is 22.6 Å². The first-order valence-corrected chi connectivity index (χ1v) is 13.6. The third-order valence-corrected chi connectivity index (χ3v) is 7.85. The normalized spacial score (nSPS) is 17.8. The number of nitrogens with zero attached hydrogens (tertiary/aromatic N) is 2. The van der Waals surface area contributed by atoms with Crippen LogP contribution in [0.4, 0.5) is 0 Å². The quantitative estimate of drug-likeness (QED) is 0.439. The van der Waals surface area contributed by atoms with E-state index in [9.17, 15) is 14.7 Å². The molecule has 38 heavy (non-hydrogen) atoms. The van der Waals surface area contributed by atoms with E-state index < -0.39 is 6.10 Å². The molecule has 5 rings (SSSR count). The van der Waals surface area contributed by atoms with Gasteiger partial charge in [-0.15, -0.1) is 0 Å². The van der Waals surface area contributed by atoms with E-state index in [1.165, 1.54) is 10.5 Å². The average molecular weight is 515 g/mol. The van der Waals surface area contributed by atoms with Crippen molar-refractivity contribution in [3.8, 4) is 5.75 Å². The highest BCUT2D eigenvalue weighted by Gasteiger charge is 2.35. The highest BCUT2D eigenvalue weighted by atomic mass is 16.5. The van der Waals surface area contributed by atoms with Gasteiger partial charge in [0.2, 0.25) is 0 Å². The van der Waals surface area contributed by atoms with E-state index in [4.69, 9.17) is 4.74 Å². The summed E-state index contributed by atoms with van der Waals surface area (Å²) in [7, 11) is 0. The summed E-state index contributed by atoms with van der Waals surface area (Å²) in [6.07, 6.45) is 1.16. The molecule has 1 N–H and O–H groups in total. The molecular weight excluding hydrogens is 476 g/mol. The molecule has 2 amide bonds. The van der Waals surface area contributed by atoms with Crippen LogP contribution in [0.5, 0.6) is 5.75 Å². The van der Waals surface area contributed by atoms with Crippen LogP contribution in [0.1, 0.15) is 65.5 Å². The summed E-state index contributed by atoms with van der Waals surface area (Å²) in [6.45, 7) is 11.4. The zero-order chi connectivity index (χ0) is 27.0. The maximum Gasteiger partial charge on any atom is 0.261 e. The van der Waals surface area contributed by atoms with Crippen LogP contribution < -0.4 is 4.74 Å². The summed E-state index contributed by atoms with van der Waals surface area (Å²) in [5, 5.41) is 12.4. The number of likely N-dealkylation sites (tertiary alicyclic amines) is 1. The molecule has 1 saturated heterocycles. The lowest BCUT2D eigenvalue weighted by molar-refractivity contribution is 0.0451. The van der Waals surface area contributed by atoms with E-state index in [2.05, 4.69) is 38.7 Å². The summed E-state index contributed by atoms with van der Waals surface area (Å²) < 4.78 is 6.06. The Bertz CT molecular complexity index is 1300. The van der Waals surface area contributed by atoms with Crippen molar-refractivity contribution in [2.45, 2.75) is 52.1 Å². The van der Waals surface area contributed by atoms with Gasteiger partial charge in [-0.05, 0) is 73.3 Å². The zero-order valence-corrected chi connectivity index (χ0v) is 22.9. The first kappa shape index (κ1) is 26.4. The molecule has 0 unspecified atom stereocenters. The van der Waals surface area contributed by atoms with Gasteiger partial charge in [0.1, 0.15) is 18.5 Å². The molecule has 3 aromatic rings. The topological polar surface area (TPSA) is 70.1 Å². The fourth-order valence-corrected chi connectivity index (χ4v) is 5.75. The number of hydrogen-bond donors (Lipinski definition) is 1. The molecule has 0 aromatic heterocycles. The van der Waals surface area contributed by atoms with Crippen molar-refractivity contribution in [1.29, 1.82) is 0 Å². The second-order valence-electron chi connectivity index (χ2n) is 11.9. The third kappa shape index (κ3) is 5.33. The molecule has 2 aliphatic heterocycles. The van der Waals surface area contributed by atoms with E-state index in [-0.39, 0.29) is 29.8 Å². The van der Waals surface area contributed by atoms with Gasteiger partial charge in [0.25, 0.3) is 11.8 Å². The number of ether oxygens (including phenoxy) is 1. The Morgan fingerprint density at radius 1 is 0.974 bits per heavy atom. The second kappa shape index (κ2) is 10.5. The molecule has 0 bridgehead atoms. The Labute approximate surface area is 225 Å². The fourth-order valence-electron chi connectivity index (χ4n) is 5.75. The number of imide groups is 1. The molecule has 200 valence electrons. The molecule has 2 aliphatic rings. The minimum Gasteiger partial charge on any atom is -0.491 e. The molecule has 0 aliphatic carbocycles. The van der Waals surface area contributed by atoms with Crippen molar-refractivity contribution in [3.63, 3.8) is 0 Å². The SMILES string of the molecule is Cc1ccc(OC[C@H](O)CN2CCC(CN3C(=O)c4cccc5cccc(c45)C3=O)CC2)c(C(C)(C)C)c1. The third-order valence-electron chi connectivity index (χ3n) is 7.85. The Balaban J connectivity index is 1.14. The highest BCUT2D eigenvalue weighted by Crippen LogP contribution is 2.33. The maximum atomic E-state index is 13.2. The van der Waals surface area contributed by atoms with Crippen molar-refractivity contribution in [3.05, 3.63) is 76.9 Å². The standard InChI is InChI=1S/C32H38N2O4/c1-21-11-12-28(27(17-21)32(2,3)4)38-20-24(35)19-33-15-13-22(14-16-33)18-34-30(36)25-9-5-7-23-8-6-10-26(29(23)25)31(34)37/h5-12,17,22,24,35H,13-16,18-20H2,1-4H3/t24-/m1/s1. The minimum atomic E-state index is -0.595. The van der Waals surface area contributed by atoms with Crippen LogP contribution in [0.25, 0.3) is 10.8 Å². The fraction of sp³-hybridized carbons (Fsp3) is 0.438. The van der Waals surface area contributed by atoms with Gasteiger partial charge in [0, 0.05) is 29.6 Å². The Kier molecular flexibility index (Phi) is 7.30. The molecule has 0 radical (unpaired) electrons. The first-order valence-electron chi connectivity index (χ1n) is 13.6. The van der Waals surface area contributed by atoms with Gasteiger partial charge in [-0.3, -0.25) is 14.5 Å². The van der Waals surface area contributed by atoms with Crippen molar-refractivity contribution in [2.75, 3.05) is 32.8 Å². The van der Waals surface area contributed by atoms with Crippen molar-refractivity contribution < 1.29 is 19.4 Å². The number of piperidine rings is 1. The summed E-state index contributed by atoms with van der Waals surface area (Å²) >= 11 is 0. The van der Waals surface area contributed by atoms with Crippen LogP contribution in [-0.4, -0.2) is 65.6 Å². The Morgan fingerprint density at radius 2 is 1.61 bits per heavy atom. The number of carbonyl (C=O) groups is 2. The predicted molar refractivity (Wildman–Crippen MR) is 150 cm³/mol. The molecule has 1 fully saturated rings. The number of aliphatic hydroxyl groups is 1. The molecule has 3 aromatic carbocycles. The first-order chi connectivity index (χ1) is 18.1. The van der Waals surface area contributed by atoms with E-state index >= 15 is 0 Å². The van der Waals surface area contributed by atoms with Crippen LogP contribution >= 0.6 is 0 Å². The van der Waals surface area contributed by atoms with E-state index in [1.54, 1.807) is 0 Å². The minimum absolute atomic E-state index is 0.0418. The molecular formula is C32H38N2O4. The number of hydrogen-bond acceptors (Lipinski definition) is 5. The van der Waals surface area contributed by atoms with Crippen LogP contribution in [0, 0.1) is 12.8 Å². The average Bonchev–Trinajstić information content (AvgIpc) is 2.89. The lowest BCUT2D eigenvalue weighted by Crippen LogP contribution is -2.46. The van der Waals surface area contributed by atoms with Crippen LogP contribution in [0.2, 0.25) is 0 Å². The Hall–Kier alpha value is -3.22. The molecule has 2 heterocycles. The summed E-state index contributed by atoms with van der Waals surface area (Å²) in [4.78, 5) is 30.2. The van der Waals surface area contributed by atoms with Crippen LogP contribution in [0.15, 0.2) is 54.6 Å². The van der Waals surface area contributed by atoms with Gasteiger partial charge in [0.15, 0.2) is 0 Å². The molecule has 0 spiro atoms. The van der Waals surface area contributed by atoms with Gasteiger partial charge in [-0.25, -0.2) is 0 Å². The van der Waals surface area contributed by atoms with Crippen LogP contribution in [0.3, 0.4) is 0 Å². The smallest absolute Gasteiger partial charge is 0.261 e. The lowest BCUT2D eigenvalue weighted by Gasteiger charge is -2.36. The predicted octanol–water partition coefficient (Wildman–Crippen LogP) is 5.19. The largest absolute Gasteiger partial charge is 0.491 e. The van der Waals surface area contributed by atoms with Gasteiger partial charge in [0.05, 0.1) is 0 Å². The maximum absolute atomic E-state index is 13.2. The van der Waals surface area contributed by atoms with E-state index in [0.29, 0.717) is 24.2 Å². The summed E-state index contributed by atoms with van der Waals surface area (Å²) in [6, 6.07) is 17.5. The number of rotatable bonds is 7. The lowest BCUT2D eigenvalue weighted by atomic mass is 9.85. The molecule has 6 heteroatoms. The van der Waals surface area contributed by atoms with Crippen molar-refractivity contribution in [2.24, 2.45) is 5.92 Å². The number of amides is 2. The van der Waals surface area contributed by atoms with Gasteiger partial charge < -0.3 is 14.7 Å². The number of carbonyl (C=O) groups excluding carboxylic acids is 2. The van der Waals surface area contributed by atoms with E-state index in [1.807, 2.05) is 48.5 Å².